The Morgan fingerprint density at radius 3 is 2.50 bits per heavy atom. The van der Waals surface area contributed by atoms with E-state index in [1.165, 1.54) is 5.56 Å². The summed E-state index contributed by atoms with van der Waals surface area (Å²) in [6, 6.07) is 20.3. The van der Waals surface area contributed by atoms with E-state index in [0.717, 1.165) is 39.0 Å². The lowest BCUT2D eigenvalue weighted by Crippen LogP contribution is -1.96. The lowest BCUT2D eigenvalue weighted by Gasteiger charge is -2.10. The molecule has 5 rings (SSSR count). The Bertz CT molecular complexity index is 1270. The first-order valence-electron chi connectivity index (χ1n) is 9.05. The van der Waals surface area contributed by atoms with E-state index in [2.05, 4.69) is 74.1 Å². The maximum absolute atomic E-state index is 4.51. The quantitative estimate of drug-likeness (QED) is 0.402. The molecule has 0 spiro atoms. The highest BCUT2D eigenvalue weighted by Gasteiger charge is 2.08. The van der Waals surface area contributed by atoms with Crippen LogP contribution in [0.25, 0.3) is 21.8 Å². The van der Waals surface area contributed by atoms with Crippen LogP contribution >= 0.6 is 0 Å². The summed E-state index contributed by atoms with van der Waals surface area (Å²) in [6.07, 6.45) is 3.58. The molecule has 0 saturated heterocycles. The van der Waals surface area contributed by atoms with Gasteiger partial charge in [0.2, 0.25) is 0 Å². The second kappa shape index (κ2) is 6.66. The number of aromatic nitrogens is 4. The molecule has 0 fully saturated rings. The lowest BCUT2D eigenvalue weighted by atomic mass is 10.1. The second-order valence-corrected chi connectivity index (χ2v) is 6.68. The largest absolute Gasteiger partial charge is 0.340 e. The van der Waals surface area contributed by atoms with Gasteiger partial charge in [-0.25, -0.2) is 4.98 Å². The highest BCUT2D eigenvalue weighted by Crippen LogP contribution is 2.29. The predicted molar refractivity (Wildman–Crippen MR) is 113 cm³/mol. The van der Waals surface area contributed by atoms with Crippen LogP contribution in [0.3, 0.4) is 0 Å². The molecule has 0 atom stereocenters. The van der Waals surface area contributed by atoms with Gasteiger partial charge in [-0.05, 0) is 60.8 Å². The van der Waals surface area contributed by atoms with Crippen molar-refractivity contribution in [1.82, 2.24) is 20.2 Å². The first kappa shape index (κ1) is 16.3. The first-order chi connectivity index (χ1) is 13.8. The molecule has 0 radical (unpaired) electrons. The molecule has 28 heavy (non-hydrogen) atoms. The molecule has 3 heterocycles. The predicted octanol–water partition coefficient (Wildman–Crippen LogP) is 5.30. The molecule has 0 aliphatic heterocycles. The van der Waals surface area contributed by atoms with E-state index in [1.54, 1.807) is 6.20 Å². The molecule has 3 N–H and O–H groups in total. The van der Waals surface area contributed by atoms with E-state index in [-0.39, 0.29) is 0 Å². The monoisotopic (exact) mass is 366 g/mol. The van der Waals surface area contributed by atoms with Gasteiger partial charge in [-0.1, -0.05) is 17.7 Å². The fourth-order valence-electron chi connectivity index (χ4n) is 3.21. The van der Waals surface area contributed by atoms with Gasteiger partial charge in [0, 0.05) is 29.2 Å². The Balaban J connectivity index is 1.47. The van der Waals surface area contributed by atoms with Crippen molar-refractivity contribution in [1.29, 1.82) is 0 Å². The van der Waals surface area contributed by atoms with E-state index in [4.69, 9.17) is 0 Å². The van der Waals surface area contributed by atoms with Gasteiger partial charge < -0.3 is 10.6 Å². The van der Waals surface area contributed by atoms with Crippen LogP contribution in [-0.2, 0) is 0 Å². The third-order valence-electron chi connectivity index (χ3n) is 4.66. The number of aromatic amines is 1. The minimum atomic E-state index is 0.710. The zero-order valence-electron chi connectivity index (χ0n) is 15.3. The molecule has 136 valence electrons. The summed E-state index contributed by atoms with van der Waals surface area (Å²) >= 11 is 0. The molecule has 0 aliphatic carbocycles. The van der Waals surface area contributed by atoms with Crippen molar-refractivity contribution in [3.8, 4) is 0 Å². The highest BCUT2D eigenvalue weighted by atomic mass is 15.2. The summed E-state index contributed by atoms with van der Waals surface area (Å²) in [4.78, 5) is 8.90. The van der Waals surface area contributed by atoms with E-state index in [9.17, 15) is 0 Å². The Kier molecular flexibility index (Phi) is 3.87. The number of hydrogen-bond acceptors (Lipinski definition) is 5. The molecule has 2 aromatic carbocycles. The SMILES string of the molecule is Cc1ccc(Nc2nccc3cc(Nc4n[nH]c5cccnc45)ccc23)cc1. The Morgan fingerprint density at radius 2 is 1.61 bits per heavy atom. The van der Waals surface area contributed by atoms with E-state index in [0.29, 0.717) is 5.82 Å². The highest BCUT2D eigenvalue weighted by molar-refractivity contribution is 5.96. The summed E-state index contributed by atoms with van der Waals surface area (Å²) in [5.74, 6) is 1.54. The van der Waals surface area contributed by atoms with Gasteiger partial charge >= 0.3 is 0 Å². The van der Waals surface area contributed by atoms with Gasteiger partial charge in [-0.3, -0.25) is 10.1 Å². The van der Waals surface area contributed by atoms with Gasteiger partial charge in [-0.2, -0.15) is 5.10 Å². The van der Waals surface area contributed by atoms with Crippen LogP contribution in [0.15, 0.2) is 73.1 Å². The standard InChI is InChI=1S/C22H18N6/c1-14-4-6-16(7-5-14)25-21-18-9-8-17(13-15(18)10-12-24-21)26-22-20-19(27-28-22)3-2-11-23-20/h2-13H,1H3,(H,24,25)(H2,26,27,28). The van der Waals surface area contributed by atoms with E-state index < -0.39 is 0 Å². The van der Waals surface area contributed by atoms with Crippen LogP contribution in [0, 0.1) is 6.92 Å². The average Bonchev–Trinajstić information content (AvgIpc) is 3.13. The van der Waals surface area contributed by atoms with Crippen LogP contribution < -0.4 is 10.6 Å². The molecule has 6 heteroatoms. The summed E-state index contributed by atoms with van der Waals surface area (Å²) in [6.45, 7) is 2.08. The van der Waals surface area contributed by atoms with Crippen molar-refractivity contribution >= 4 is 44.8 Å². The summed E-state index contributed by atoms with van der Waals surface area (Å²) < 4.78 is 0. The number of nitrogens with zero attached hydrogens (tertiary/aromatic N) is 3. The Morgan fingerprint density at radius 1 is 0.786 bits per heavy atom. The Hall–Kier alpha value is -3.93. The normalized spacial score (nSPS) is 11.0. The Labute approximate surface area is 161 Å². The minimum Gasteiger partial charge on any atom is -0.340 e. The third-order valence-corrected chi connectivity index (χ3v) is 4.66. The van der Waals surface area contributed by atoms with Gasteiger partial charge in [0.25, 0.3) is 0 Å². The van der Waals surface area contributed by atoms with Gasteiger partial charge in [0.05, 0.1) is 5.52 Å². The van der Waals surface area contributed by atoms with Crippen LogP contribution in [-0.4, -0.2) is 20.2 Å². The molecule has 6 nitrogen and oxygen atoms in total. The lowest BCUT2D eigenvalue weighted by molar-refractivity contribution is 1.12. The van der Waals surface area contributed by atoms with Crippen molar-refractivity contribution in [3.05, 3.63) is 78.6 Å². The molecular formula is C22H18N6. The third kappa shape index (κ3) is 3.01. The fourth-order valence-corrected chi connectivity index (χ4v) is 3.21. The van der Waals surface area contributed by atoms with Crippen LogP contribution in [0.5, 0.6) is 0 Å². The maximum atomic E-state index is 4.51. The van der Waals surface area contributed by atoms with Gasteiger partial charge in [0.15, 0.2) is 5.82 Å². The number of rotatable bonds is 4. The van der Waals surface area contributed by atoms with Crippen LogP contribution in [0.1, 0.15) is 5.56 Å². The fraction of sp³-hybridized carbons (Fsp3) is 0.0455. The zero-order valence-corrected chi connectivity index (χ0v) is 15.3. The summed E-state index contributed by atoms with van der Waals surface area (Å²) in [5.41, 5.74) is 4.91. The number of benzene rings is 2. The number of pyridine rings is 2. The van der Waals surface area contributed by atoms with Crippen LogP contribution in [0.4, 0.5) is 23.0 Å². The molecule has 3 aromatic heterocycles. The van der Waals surface area contributed by atoms with E-state index >= 15 is 0 Å². The number of hydrogen-bond donors (Lipinski definition) is 3. The van der Waals surface area contributed by atoms with E-state index in [1.807, 2.05) is 30.5 Å². The average molecular weight is 366 g/mol. The van der Waals surface area contributed by atoms with Crippen LogP contribution in [0.2, 0.25) is 0 Å². The maximum Gasteiger partial charge on any atom is 0.178 e. The molecule has 0 bridgehead atoms. The number of nitrogens with one attached hydrogen (secondary N) is 3. The molecule has 0 amide bonds. The molecule has 5 aromatic rings. The number of anilines is 4. The van der Waals surface area contributed by atoms with Gasteiger partial charge in [-0.15, -0.1) is 0 Å². The van der Waals surface area contributed by atoms with Gasteiger partial charge in [0.1, 0.15) is 11.3 Å². The number of H-pyrrole nitrogens is 1. The number of fused-ring (bicyclic) bond motifs is 2. The summed E-state index contributed by atoms with van der Waals surface area (Å²) in [7, 11) is 0. The summed E-state index contributed by atoms with van der Waals surface area (Å²) in [5, 5.41) is 16.2. The molecule has 0 aliphatic rings. The minimum absolute atomic E-state index is 0.710. The molecule has 0 unspecified atom stereocenters. The molecular weight excluding hydrogens is 348 g/mol. The van der Waals surface area contributed by atoms with Crippen molar-refractivity contribution in [2.24, 2.45) is 0 Å². The van der Waals surface area contributed by atoms with Crippen molar-refractivity contribution in [2.75, 3.05) is 10.6 Å². The number of aryl methyl sites for hydroxylation is 1. The van der Waals surface area contributed by atoms with Crippen molar-refractivity contribution in [2.45, 2.75) is 6.92 Å². The smallest absolute Gasteiger partial charge is 0.178 e. The molecule has 0 saturated carbocycles. The van der Waals surface area contributed by atoms with Crippen molar-refractivity contribution in [3.63, 3.8) is 0 Å². The topological polar surface area (TPSA) is 78.5 Å². The zero-order chi connectivity index (χ0) is 18.9. The van der Waals surface area contributed by atoms with Crippen molar-refractivity contribution < 1.29 is 0 Å². The first-order valence-corrected chi connectivity index (χ1v) is 9.05. The second-order valence-electron chi connectivity index (χ2n) is 6.68.